The predicted molar refractivity (Wildman–Crippen MR) is 74.1 cm³/mol. The summed E-state index contributed by atoms with van der Waals surface area (Å²) in [6.45, 7) is 2.08. The lowest BCUT2D eigenvalue weighted by Gasteiger charge is -2.09. The summed E-state index contributed by atoms with van der Waals surface area (Å²) < 4.78 is 0.844. The summed E-state index contributed by atoms with van der Waals surface area (Å²) in [5, 5.41) is 1.43. The molecule has 17 heavy (non-hydrogen) atoms. The van der Waals surface area contributed by atoms with Gasteiger partial charge in [-0.3, -0.25) is 0 Å². The maximum absolute atomic E-state index is 6.00. The number of hydrazine groups is 1. The molecule has 0 aliphatic heterocycles. The van der Waals surface area contributed by atoms with Crippen LogP contribution in [0.5, 0.6) is 0 Å². The third-order valence-electron chi connectivity index (χ3n) is 2.38. The van der Waals surface area contributed by atoms with Gasteiger partial charge in [0.05, 0.1) is 5.52 Å². The Bertz CT molecular complexity index is 559. The van der Waals surface area contributed by atoms with Crippen molar-refractivity contribution in [1.29, 1.82) is 0 Å². The molecule has 2 aromatic rings. The van der Waals surface area contributed by atoms with Crippen LogP contribution in [0.2, 0.25) is 5.02 Å². The number of fused-ring (bicyclic) bond motifs is 1. The van der Waals surface area contributed by atoms with Gasteiger partial charge in [-0.2, -0.15) is 0 Å². The zero-order valence-electron chi connectivity index (χ0n) is 9.30. The van der Waals surface area contributed by atoms with E-state index in [1.807, 2.05) is 6.07 Å². The van der Waals surface area contributed by atoms with Crippen molar-refractivity contribution in [3.05, 3.63) is 27.5 Å². The van der Waals surface area contributed by atoms with E-state index in [4.69, 9.17) is 17.4 Å². The van der Waals surface area contributed by atoms with E-state index in [1.54, 1.807) is 6.07 Å². The minimum atomic E-state index is 0.599. The Morgan fingerprint density at radius 1 is 1.41 bits per heavy atom. The van der Waals surface area contributed by atoms with E-state index >= 15 is 0 Å². The van der Waals surface area contributed by atoms with Crippen LogP contribution in [-0.2, 0) is 6.42 Å². The number of rotatable bonds is 3. The van der Waals surface area contributed by atoms with Crippen LogP contribution in [0.15, 0.2) is 16.6 Å². The highest BCUT2D eigenvalue weighted by atomic mass is 79.9. The summed E-state index contributed by atoms with van der Waals surface area (Å²) in [7, 11) is 0. The molecule has 1 aromatic carbocycles. The monoisotopic (exact) mass is 314 g/mol. The third-order valence-corrected chi connectivity index (χ3v) is 3.20. The summed E-state index contributed by atoms with van der Waals surface area (Å²) in [4.78, 5) is 8.87. The van der Waals surface area contributed by atoms with Crippen LogP contribution in [0.4, 0.5) is 5.82 Å². The standard InChI is InChI=1S/C11H12BrClN4/c1-2-3-9-15-10-7(11(16-9)17-14)4-6(13)5-8(10)12/h4-5H,2-3,14H2,1H3,(H,15,16,17). The van der Waals surface area contributed by atoms with Gasteiger partial charge in [0, 0.05) is 21.3 Å². The van der Waals surface area contributed by atoms with Crippen LogP contribution in [0.3, 0.4) is 0 Å². The number of anilines is 1. The topological polar surface area (TPSA) is 63.8 Å². The first-order valence-electron chi connectivity index (χ1n) is 5.28. The lowest BCUT2D eigenvalue weighted by Crippen LogP contribution is -2.11. The van der Waals surface area contributed by atoms with Crippen molar-refractivity contribution in [1.82, 2.24) is 9.97 Å². The third kappa shape index (κ3) is 2.51. The minimum absolute atomic E-state index is 0.599. The molecule has 3 N–H and O–H groups in total. The molecule has 0 radical (unpaired) electrons. The van der Waals surface area contributed by atoms with E-state index in [1.165, 1.54) is 0 Å². The van der Waals surface area contributed by atoms with Crippen LogP contribution in [0.1, 0.15) is 19.2 Å². The van der Waals surface area contributed by atoms with Crippen molar-refractivity contribution in [3.63, 3.8) is 0 Å². The number of nitrogens with one attached hydrogen (secondary N) is 1. The van der Waals surface area contributed by atoms with Crippen LogP contribution in [-0.4, -0.2) is 9.97 Å². The molecular formula is C11H12BrClN4. The highest BCUT2D eigenvalue weighted by Crippen LogP contribution is 2.30. The number of aryl methyl sites for hydroxylation is 1. The maximum atomic E-state index is 6.00. The van der Waals surface area contributed by atoms with Crippen molar-refractivity contribution in [2.24, 2.45) is 5.84 Å². The fourth-order valence-electron chi connectivity index (χ4n) is 1.65. The molecule has 1 aromatic heterocycles. The first-order chi connectivity index (χ1) is 8.15. The predicted octanol–water partition coefficient (Wildman–Crippen LogP) is 3.28. The summed E-state index contributed by atoms with van der Waals surface area (Å²) in [5.41, 5.74) is 3.41. The van der Waals surface area contributed by atoms with E-state index in [2.05, 4.69) is 38.2 Å². The van der Waals surface area contributed by atoms with Crippen molar-refractivity contribution in [2.75, 3.05) is 5.43 Å². The zero-order valence-corrected chi connectivity index (χ0v) is 11.6. The molecule has 6 heteroatoms. The lowest BCUT2D eigenvalue weighted by molar-refractivity contribution is 0.844. The second kappa shape index (κ2) is 5.16. The Hall–Kier alpha value is -0.910. The molecule has 2 rings (SSSR count). The Balaban J connectivity index is 2.73. The molecule has 0 saturated carbocycles. The van der Waals surface area contributed by atoms with Gasteiger partial charge < -0.3 is 5.43 Å². The van der Waals surface area contributed by atoms with Gasteiger partial charge >= 0.3 is 0 Å². The number of hydrogen-bond donors (Lipinski definition) is 2. The van der Waals surface area contributed by atoms with Crippen molar-refractivity contribution in [3.8, 4) is 0 Å². The summed E-state index contributed by atoms with van der Waals surface area (Å²) >= 11 is 9.45. The van der Waals surface area contributed by atoms with Gasteiger partial charge in [0.1, 0.15) is 5.82 Å². The molecule has 0 saturated heterocycles. The second-order valence-corrected chi connectivity index (χ2v) is 4.96. The summed E-state index contributed by atoms with van der Waals surface area (Å²) in [5.74, 6) is 6.86. The van der Waals surface area contributed by atoms with Gasteiger partial charge in [0.2, 0.25) is 0 Å². The molecule has 0 aliphatic carbocycles. The summed E-state index contributed by atoms with van der Waals surface area (Å²) in [6.07, 6.45) is 1.81. The number of nitrogens with zero attached hydrogens (tertiary/aromatic N) is 2. The van der Waals surface area contributed by atoms with Gasteiger partial charge in [0.25, 0.3) is 0 Å². The molecule has 90 valence electrons. The molecular weight excluding hydrogens is 304 g/mol. The molecule has 0 fully saturated rings. The number of hydrogen-bond acceptors (Lipinski definition) is 4. The minimum Gasteiger partial charge on any atom is -0.308 e. The number of nitrogen functional groups attached to an aromatic ring is 1. The quantitative estimate of drug-likeness (QED) is 0.674. The first-order valence-corrected chi connectivity index (χ1v) is 6.45. The van der Waals surface area contributed by atoms with Gasteiger partial charge in [-0.05, 0) is 34.5 Å². The second-order valence-electron chi connectivity index (χ2n) is 3.67. The molecule has 4 nitrogen and oxygen atoms in total. The van der Waals surface area contributed by atoms with Crippen molar-refractivity contribution < 1.29 is 0 Å². The van der Waals surface area contributed by atoms with Crippen LogP contribution < -0.4 is 11.3 Å². The van der Waals surface area contributed by atoms with Crippen molar-refractivity contribution >= 4 is 44.3 Å². The highest BCUT2D eigenvalue weighted by Gasteiger charge is 2.10. The average molecular weight is 316 g/mol. The normalized spacial score (nSPS) is 10.8. The smallest absolute Gasteiger partial charge is 0.151 e. The molecule has 0 amide bonds. The van der Waals surface area contributed by atoms with Crippen LogP contribution in [0.25, 0.3) is 10.9 Å². The number of aromatic nitrogens is 2. The SMILES string of the molecule is CCCc1nc(NN)c2cc(Cl)cc(Br)c2n1. The van der Waals surface area contributed by atoms with E-state index in [0.29, 0.717) is 10.8 Å². The van der Waals surface area contributed by atoms with Crippen molar-refractivity contribution in [2.45, 2.75) is 19.8 Å². The van der Waals surface area contributed by atoms with Crippen LogP contribution >= 0.6 is 27.5 Å². The molecule has 1 heterocycles. The van der Waals surface area contributed by atoms with Gasteiger partial charge in [-0.15, -0.1) is 0 Å². The van der Waals surface area contributed by atoms with Gasteiger partial charge in [-0.1, -0.05) is 18.5 Å². The molecule has 0 bridgehead atoms. The Labute approximate surface area is 113 Å². The molecule has 0 aliphatic rings. The highest BCUT2D eigenvalue weighted by molar-refractivity contribution is 9.10. The molecule has 0 unspecified atom stereocenters. The molecule has 0 spiro atoms. The van der Waals surface area contributed by atoms with E-state index in [9.17, 15) is 0 Å². The first kappa shape index (κ1) is 12.5. The van der Waals surface area contributed by atoms with E-state index in [-0.39, 0.29) is 0 Å². The number of nitrogens with two attached hydrogens (primary N) is 1. The van der Waals surface area contributed by atoms with E-state index < -0.39 is 0 Å². The fraction of sp³-hybridized carbons (Fsp3) is 0.273. The number of benzene rings is 1. The van der Waals surface area contributed by atoms with Gasteiger partial charge in [0.15, 0.2) is 5.82 Å². The Morgan fingerprint density at radius 3 is 2.82 bits per heavy atom. The molecule has 0 atom stereocenters. The average Bonchev–Trinajstić information content (AvgIpc) is 2.29. The van der Waals surface area contributed by atoms with Crippen LogP contribution in [0, 0.1) is 0 Å². The maximum Gasteiger partial charge on any atom is 0.151 e. The van der Waals surface area contributed by atoms with E-state index in [0.717, 1.165) is 34.0 Å². The lowest BCUT2D eigenvalue weighted by atomic mass is 10.2. The Kier molecular flexibility index (Phi) is 3.81. The Morgan fingerprint density at radius 2 is 2.18 bits per heavy atom. The fourth-order valence-corrected chi connectivity index (χ4v) is 2.55. The summed E-state index contributed by atoms with van der Waals surface area (Å²) in [6, 6.07) is 3.61. The largest absolute Gasteiger partial charge is 0.308 e. The van der Waals surface area contributed by atoms with Gasteiger partial charge in [-0.25, -0.2) is 15.8 Å². The zero-order chi connectivity index (χ0) is 12.4. The number of halogens is 2.